The minimum atomic E-state index is -0.457. The average Bonchev–Trinajstić information content (AvgIpc) is 2.32. The Hall–Kier alpha value is -0.930. The van der Waals surface area contributed by atoms with Gasteiger partial charge in [0.25, 0.3) is 0 Å². The summed E-state index contributed by atoms with van der Waals surface area (Å²) in [5.74, 6) is -0.265. The molecular formula is C15H24FNO. The van der Waals surface area contributed by atoms with E-state index in [2.05, 4.69) is 20.8 Å². The summed E-state index contributed by atoms with van der Waals surface area (Å²) in [6, 6.07) is 6.29. The third kappa shape index (κ3) is 3.79. The highest BCUT2D eigenvalue weighted by atomic mass is 19.1. The molecule has 1 atom stereocenters. The van der Waals surface area contributed by atoms with Gasteiger partial charge >= 0.3 is 0 Å². The topological polar surface area (TPSA) is 46.2 Å². The lowest BCUT2D eigenvalue weighted by Crippen LogP contribution is -2.39. The standard InChI is InChI=1S/C15H24FNO/c1-14(2,3)8-9-15(10-17,11-18)12-4-6-13(16)7-5-12/h4-7,18H,8-11,17H2,1-3H3. The van der Waals surface area contributed by atoms with Crippen molar-refractivity contribution in [3.63, 3.8) is 0 Å². The van der Waals surface area contributed by atoms with Crippen LogP contribution >= 0.6 is 0 Å². The van der Waals surface area contributed by atoms with Crippen molar-refractivity contribution in [1.82, 2.24) is 0 Å². The minimum Gasteiger partial charge on any atom is -0.395 e. The van der Waals surface area contributed by atoms with Gasteiger partial charge in [0.15, 0.2) is 0 Å². The fourth-order valence-corrected chi connectivity index (χ4v) is 2.02. The van der Waals surface area contributed by atoms with Crippen LogP contribution in [0.15, 0.2) is 24.3 Å². The van der Waals surface area contributed by atoms with Crippen LogP contribution in [-0.4, -0.2) is 18.3 Å². The molecular weight excluding hydrogens is 229 g/mol. The van der Waals surface area contributed by atoms with Gasteiger partial charge in [0, 0.05) is 12.0 Å². The van der Waals surface area contributed by atoms with E-state index in [0.717, 1.165) is 18.4 Å². The molecule has 1 rings (SSSR count). The number of aliphatic hydroxyl groups excluding tert-OH is 1. The third-order valence-electron chi connectivity index (χ3n) is 3.50. The van der Waals surface area contributed by atoms with E-state index in [1.807, 2.05) is 0 Å². The van der Waals surface area contributed by atoms with Gasteiger partial charge in [-0.3, -0.25) is 0 Å². The molecule has 3 N–H and O–H groups in total. The number of nitrogens with two attached hydrogens (primary N) is 1. The molecule has 0 aliphatic heterocycles. The van der Waals surface area contributed by atoms with Crippen molar-refractivity contribution in [1.29, 1.82) is 0 Å². The normalized spacial score (nSPS) is 15.4. The molecule has 0 saturated heterocycles. The molecule has 0 aliphatic rings. The highest BCUT2D eigenvalue weighted by Gasteiger charge is 2.31. The summed E-state index contributed by atoms with van der Waals surface area (Å²) in [5.41, 5.74) is 6.51. The molecule has 3 heteroatoms. The Labute approximate surface area is 109 Å². The molecule has 0 aliphatic carbocycles. The summed E-state index contributed by atoms with van der Waals surface area (Å²) in [5, 5.41) is 9.72. The highest BCUT2D eigenvalue weighted by Crippen LogP contribution is 2.33. The first kappa shape index (κ1) is 15.1. The highest BCUT2D eigenvalue weighted by molar-refractivity contribution is 5.26. The summed E-state index contributed by atoms with van der Waals surface area (Å²) in [6.45, 7) is 6.85. The summed E-state index contributed by atoms with van der Waals surface area (Å²) in [7, 11) is 0. The molecule has 1 unspecified atom stereocenters. The number of benzene rings is 1. The second kappa shape index (κ2) is 5.81. The second-order valence-electron chi connectivity index (χ2n) is 6.21. The van der Waals surface area contributed by atoms with E-state index in [1.54, 1.807) is 12.1 Å². The summed E-state index contributed by atoms with van der Waals surface area (Å²) >= 11 is 0. The molecule has 18 heavy (non-hydrogen) atoms. The van der Waals surface area contributed by atoms with Crippen LogP contribution in [0.3, 0.4) is 0 Å². The first-order valence-electron chi connectivity index (χ1n) is 6.40. The second-order valence-corrected chi connectivity index (χ2v) is 6.21. The number of rotatable bonds is 5. The Morgan fingerprint density at radius 1 is 1.11 bits per heavy atom. The monoisotopic (exact) mass is 253 g/mol. The molecule has 0 fully saturated rings. The number of hydrogen-bond acceptors (Lipinski definition) is 2. The Morgan fingerprint density at radius 3 is 2.06 bits per heavy atom. The Balaban J connectivity index is 2.95. The van der Waals surface area contributed by atoms with Gasteiger partial charge in [-0.2, -0.15) is 0 Å². The van der Waals surface area contributed by atoms with Gasteiger partial charge in [0.2, 0.25) is 0 Å². The maximum Gasteiger partial charge on any atom is 0.123 e. The molecule has 0 aromatic heterocycles. The number of hydrogen-bond donors (Lipinski definition) is 2. The van der Waals surface area contributed by atoms with E-state index in [-0.39, 0.29) is 17.8 Å². The average molecular weight is 253 g/mol. The Bertz CT molecular complexity index is 363. The van der Waals surface area contributed by atoms with Crippen LogP contribution in [0, 0.1) is 11.2 Å². The molecule has 0 spiro atoms. The fraction of sp³-hybridized carbons (Fsp3) is 0.600. The van der Waals surface area contributed by atoms with Crippen molar-refractivity contribution >= 4 is 0 Å². The minimum absolute atomic E-state index is 0.00872. The summed E-state index contributed by atoms with van der Waals surface area (Å²) in [6.07, 6.45) is 1.76. The van der Waals surface area contributed by atoms with Crippen LogP contribution in [0.4, 0.5) is 4.39 Å². The number of aliphatic hydroxyl groups is 1. The quantitative estimate of drug-likeness (QED) is 0.847. The molecule has 0 amide bonds. The van der Waals surface area contributed by atoms with Crippen LogP contribution in [0.2, 0.25) is 0 Å². The fourth-order valence-electron chi connectivity index (χ4n) is 2.02. The van der Waals surface area contributed by atoms with Crippen LogP contribution in [0.5, 0.6) is 0 Å². The van der Waals surface area contributed by atoms with Crippen molar-refractivity contribution in [3.05, 3.63) is 35.6 Å². The predicted octanol–water partition coefficient (Wildman–Crippen LogP) is 2.84. The molecule has 0 saturated carbocycles. The van der Waals surface area contributed by atoms with E-state index in [0.29, 0.717) is 6.54 Å². The zero-order valence-corrected chi connectivity index (χ0v) is 11.5. The molecule has 0 bridgehead atoms. The smallest absolute Gasteiger partial charge is 0.123 e. The van der Waals surface area contributed by atoms with E-state index >= 15 is 0 Å². The molecule has 0 heterocycles. The van der Waals surface area contributed by atoms with Crippen molar-refractivity contribution in [2.75, 3.05) is 13.2 Å². The molecule has 2 nitrogen and oxygen atoms in total. The van der Waals surface area contributed by atoms with Crippen molar-refractivity contribution in [3.8, 4) is 0 Å². The first-order valence-corrected chi connectivity index (χ1v) is 6.40. The lowest BCUT2D eigenvalue weighted by molar-refractivity contribution is 0.171. The lowest BCUT2D eigenvalue weighted by Gasteiger charge is -2.34. The van der Waals surface area contributed by atoms with E-state index < -0.39 is 5.41 Å². The van der Waals surface area contributed by atoms with Crippen molar-refractivity contribution < 1.29 is 9.50 Å². The zero-order chi connectivity index (χ0) is 13.8. The van der Waals surface area contributed by atoms with Crippen molar-refractivity contribution in [2.24, 2.45) is 11.1 Å². The van der Waals surface area contributed by atoms with Crippen LogP contribution in [0.1, 0.15) is 39.2 Å². The van der Waals surface area contributed by atoms with Crippen LogP contribution in [-0.2, 0) is 5.41 Å². The summed E-state index contributed by atoms with van der Waals surface area (Å²) < 4.78 is 13.0. The Morgan fingerprint density at radius 2 is 1.67 bits per heavy atom. The van der Waals surface area contributed by atoms with Gasteiger partial charge in [-0.15, -0.1) is 0 Å². The maximum atomic E-state index is 13.0. The van der Waals surface area contributed by atoms with E-state index in [1.165, 1.54) is 12.1 Å². The predicted molar refractivity (Wildman–Crippen MR) is 72.9 cm³/mol. The molecule has 1 aromatic carbocycles. The summed E-state index contributed by atoms with van der Waals surface area (Å²) in [4.78, 5) is 0. The number of halogens is 1. The maximum absolute atomic E-state index is 13.0. The third-order valence-corrected chi connectivity index (χ3v) is 3.50. The van der Waals surface area contributed by atoms with Gasteiger partial charge in [0.1, 0.15) is 5.82 Å². The van der Waals surface area contributed by atoms with E-state index in [9.17, 15) is 9.50 Å². The van der Waals surface area contributed by atoms with Crippen LogP contribution < -0.4 is 5.73 Å². The largest absolute Gasteiger partial charge is 0.395 e. The van der Waals surface area contributed by atoms with Gasteiger partial charge in [-0.05, 0) is 36.0 Å². The SMILES string of the molecule is CC(C)(C)CCC(CN)(CO)c1ccc(F)cc1. The van der Waals surface area contributed by atoms with Gasteiger partial charge < -0.3 is 10.8 Å². The zero-order valence-electron chi connectivity index (χ0n) is 11.5. The molecule has 1 aromatic rings. The van der Waals surface area contributed by atoms with Crippen molar-refractivity contribution in [2.45, 2.75) is 39.0 Å². The lowest BCUT2D eigenvalue weighted by atomic mass is 9.73. The van der Waals surface area contributed by atoms with E-state index in [4.69, 9.17) is 5.73 Å². The van der Waals surface area contributed by atoms with Gasteiger partial charge in [-0.25, -0.2) is 4.39 Å². The Kier molecular flexibility index (Phi) is 4.88. The van der Waals surface area contributed by atoms with Gasteiger partial charge in [-0.1, -0.05) is 32.9 Å². The first-order chi connectivity index (χ1) is 8.33. The van der Waals surface area contributed by atoms with Crippen LogP contribution in [0.25, 0.3) is 0 Å². The van der Waals surface area contributed by atoms with Gasteiger partial charge in [0.05, 0.1) is 6.61 Å². The molecule has 102 valence electrons. The molecule has 0 radical (unpaired) electrons.